The average Bonchev–Trinajstić information content (AvgIpc) is 2.29. The molecule has 0 saturated carbocycles. The second-order valence-electron chi connectivity index (χ2n) is 3.84. The van der Waals surface area contributed by atoms with Gasteiger partial charge in [0.1, 0.15) is 5.82 Å². The third-order valence-corrected chi connectivity index (χ3v) is 2.85. The van der Waals surface area contributed by atoms with Crippen molar-refractivity contribution in [3.8, 4) is 0 Å². The number of esters is 1. The Morgan fingerprint density at radius 1 is 1.53 bits per heavy atom. The number of alkyl halides is 1. The molecule has 0 aliphatic heterocycles. The molecule has 17 heavy (non-hydrogen) atoms. The van der Waals surface area contributed by atoms with Gasteiger partial charge >= 0.3 is 5.97 Å². The number of carbonyl (C=O) groups is 1. The minimum atomic E-state index is -0.501. The largest absolute Gasteiger partial charge is 0.466 e. The molecule has 0 amide bonds. The van der Waals surface area contributed by atoms with Gasteiger partial charge < -0.3 is 4.74 Å². The molecule has 0 fully saturated rings. The number of rotatable bonds is 5. The van der Waals surface area contributed by atoms with Crippen LogP contribution in [0.1, 0.15) is 36.3 Å². The van der Waals surface area contributed by atoms with Crippen LogP contribution in [0, 0.1) is 12.7 Å². The summed E-state index contributed by atoms with van der Waals surface area (Å²) in [7, 11) is 0. The summed E-state index contributed by atoms with van der Waals surface area (Å²) in [5.74, 6) is -0.634. The van der Waals surface area contributed by atoms with Crippen molar-refractivity contribution in [2.45, 2.75) is 32.1 Å². The molecule has 0 aliphatic carbocycles. The monoisotopic (exact) mass is 258 g/mol. The van der Waals surface area contributed by atoms with Gasteiger partial charge in [-0.2, -0.15) is 0 Å². The number of carbonyl (C=O) groups excluding carboxylic acids is 1. The van der Waals surface area contributed by atoms with Crippen LogP contribution < -0.4 is 0 Å². The quantitative estimate of drug-likeness (QED) is 0.594. The Morgan fingerprint density at radius 3 is 2.88 bits per heavy atom. The van der Waals surface area contributed by atoms with Crippen LogP contribution in [0.4, 0.5) is 4.39 Å². The highest BCUT2D eigenvalue weighted by Gasteiger charge is 2.15. The second kappa shape index (κ2) is 6.60. The van der Waals surface area contributed by atoms with Crippen LogP contribution in [-0.2, 0) is 9.53 Å². The molecule has 0 heterocycles. The Hall–Kier alpha value is -1.09. The average molecular weight is 259 g/mol. The Balaban J connectivity index is 2.60. The molecule has 0 spiro atoms. The van der Waals surface area contributed by atoms with Crippen LogP contribution in [0.2, 0.25) is 0 Å². The van der Waals surface area contributed by atoms with E-state index in [4.69, 9.17) is 16.3 Å². The summed E-state index contributed by atoms with van der Waals surface area (Å²) in [6.45, 7) is 3.97. The van der Waals surface area contributed by atoms with Crippen LogP contribution in [0.15, 0.2) is 18.2 Å². The van der Waals surface area contributed by atoms with Crippen molar-refractivity contribution in [3.63, 3.8) is 0 Å². The van der Waals surface area contributed by atoms with E-state index in [1.807, 2.05) is 6.92 Å². The number of benzene rings is 1. The van der Waals surface area contributed by atoms with Gasteiger partial charge in [0.25, 0.3) is 0 Å². The van der Waals surface area contributed by atoms with Crippen molar-refractivity contribution in [2.24, 2.45) is 0 Å². The van der Waals surface area contributed by atoms with Gasteiger partial charge in [-0.1, -0.05) is 17.7 Å². The lowest BCUT2D eigenvalue weighted by Crippen LogP contribution is -2.05. The maximum atomic E-state index is 13.5. The second-order valence-corrected chi connectivity index (χ2v) is 4.36. The molecular weight excluding hydrogens is 243 g/mol. The highest BCUT2D eigenvalue weighted by atomic mass is 35.5. The lowest BCUT2D eigenvalue weighted by atomic mass is 10.0. The van der Waals surface area contributed by atoms with Crippen molar-refractivity contribution >= 4 is 17.6 Å². The third-order valence-electron chi connectivity index (χ3n) is 2.40. The van der Waals surface area contributed by atoms with E-state index in [1.165, 1.54) is 6.07 Å². The number of aryl methyl sites for hydroxylation is 1. The maximum absolute atomic E-state index is 13.5. The van der Waals surface area contributed by atoms with Crippen molar-refractivity contribution in [1.29, 1.82) is 0 Å². The van der Waals surface area contributed by atoms with Gasteiger partial charge in [0.2, 0.25) is 0 Å². The summed E-state index contributed by atoms with van der Waals surface area (Å²) in [6, 6.07) is 4.79. The van der Waals surface area contributed by atoms with E-state index in [-0.39, 0.29) is 18.2 Å². The summed E-state index contributed by atoms with van der Waals surface area (Å²) < 4.78 is 18.3. The fourth-order valence-corrected chi connectivity index (χ4v) is 1.81. The number of halogens is 2. The fraction of sp³-hybridized carbons (Fsp3) is 0.462. The predicted molar refractivity (Wildman–Crippen MR) is 65.6 cm³/mol. The van der Waals surface area contributed by atoms with E-state index in [1.54, 1.807) is 19.1 Å². The van der Waals surface area contributed by atoms with Crippen LogP contribution in [0.25, 0.3) is 0 Å². The van der Waals surface area contributed by atoms with Gasteiger partial charge in [-0.15, -0.1) is 11.6 Å². The van der Waals surface area contributed by atoms with Gasteiger partial charge in [-0.25, -0.2) is 4.39 Å². The molecule has 1 atom stereocenters. The summed E-state index contributed by atoms with van der Waals surface area (Å²) >= 11 is 6.08. The van der Waals surface area contributed by atoms with E-state index in [9.17, 15) is 9.18 Å². The zero-order valence-corrected chi connectivity index (χ0v) is 10.8. The Bertz CT molecular complexity index is 393. The minimum Gasteiger partial charge on any atom is -0.466 e. The van der Waals surface area contributed by atoms with Crippen molar-refractivity contribution in [2.75, 3.05) is 6.61 Å². The molecule has 94 valence electrons. The molecule has 0 saturated heterocycles. The number of hydrogen-bond acceptors (Lipinski definition) is 2. The first kappa shape index (κ1) is 14.0. The molecule has 1 unspecified atom stereocenters. The van der Waals surface area contributed by atoms with Crippen molar-refractivity contribution in [3.05, 3.63) is 35.1 Å². The molecule has 0 aromatic heterocycles. The standard InChI is InChI=1S/C13H16ClFO2/c1-3-17-13(16)7-5-11(14)10-8-9(2)4-6-12(10)15/h4,6,8,11H,3,5,7H2,1-2H3. The minimum absolute atomic E-state index is 0.204. The first-order valence-corrected chi connectivity index (χ1v) is 6.04. The van der Waals surface area contributed by atoms with Gasteiger partial charge in [0.15, 0.2) is 0 Å². The lowest BCUT2D eigenvalue weighted by Gasteiger charge is -2.11. The topological polar surface area (TPSA) is 26.3 Å². The van der Waals surface area contributed by atoms with Crippen LogP contribution >= 0.6 is 11.6 Å². The lowest BCUT2D eigenvalue weighted by molar-refractivity contribution is -0.143. The molecule has 4 heteroatoms. The van der Waals surface area contributed by atoms with E-state index >= 15 is 0 Å². The molecule has 0 bridgehead atoms. The Labute approximate surface area is 106 Å². The van der Waals surface area contributed by atoms with Crippen molar-refractivity contribution < 1.29 is 13.9 Å². The van der Waals surface area contributed by atoms with E-state index in [2.05, 4.69) is 0 Å². The van der Waals surface area contributed by atoms with E-state index in [0.717, 1.165) is 5.56 Å². The molecule has 2 nitrogen and oxygen atoms in total. The van der Waals surface area contributed by atoms with E-state index < -0.39 is 5.38 Å². The first-order chi connectivity index (χ1) is 8.04. The van der Waals surface area contributed by atoms with Gasteiger partial charge in [-0.3, -0.25) is 4.79 Å². The molecule has 1 aromatic carbocycles. The van der Waals surface area contributed by atoms with Gasteiger partial charge in [0.05, 0.1) is 12.0 Å². The van der Waals surface area contributed by atoms with Crippen molar-refractivity contribution in [1.82, 2.24) is 0 Å². The first-order valence-electron chi connectivity index (χ1n) is 5.60. The Kier molecular flexibility index (Phi) is 5.42. The molecule has 0 N–H and O–H groups in total. The zero-order chi connectivity index (χ0) is 12.8. The smallest absolute Gasteiger partial charge is 0.305 e. The third kappa shape index (κ3) is 4.35. The molecule has 0 radical (unpaired) electrons. The fourth-order valence-electron chi connectivity index (χ4n) is 1.54. The van der Waals surface area contributed by atoms with Gasteiger partial charge in [-0.05, 0) is 26.3 Å². The molecule has 1 aromatic rings. The summed E-state index contributed by atoms with van der Waals surface area (Å²) in [4.78, 5) is 11.2. The highest BCUT2D eigenvalue weighted by molar-refractivity contribution is 6.20. The number of ether oxygens (including phenoxy) is 1. The zero-order valence-electron chi connectivity index (χ0n) is 10.0. The molecule has 0 aliphatic rings. The SMILES string of the molecule is CCOC(=O)CCC(Cl)c1cc(C)ccc1F. The molecular formula is C13H16ClFO2. The van der Waals surface area contributed by atoms with Crippen LogP contribution in [-0.4, -0.2) is 12.6 Å². The highest BCUT2D eigenvalue weighted by Crippen LogP contribution is 2.28. The van der Waals surface area contributed by atoms with Gasteiger partial charge in [0, 0.05) is 12.0 Å². The van der Waals surface area contributed by atoms with E-state index in [0.29, 0.717) is 18.6 Å². The van der Waals surface area contributed by atoms with Crippen LogP contribution in [0.3, 0.4) is 0 Å². The summed E-state index contributed by atoms with van der Waals surface area (Å²) in [5.41, 5.74) is 1.39. The summed E-state index contributed by atoms with van der Waals surface area (Å²) in [5, 5.41) is -0.501. The summed E-state index contributed by atoms with van der Waals surface area (Å²) in [6.07, 6.45) is 0.580. The molecule has 1 rings (SSSR count). The van der Waals surface area contributed by atoms with Crippen LogP contribution in [0.5, 0.6) is 0 Å². The Morgan fingerprint density at radius 2 is 2.24 bits per heavy atom. The maximum Gasteiger partial charge on any atom is 0.305 e. The predicted octanol–water partition coefficient (Wildman–Crippen LogP) is 3.76. The normalized spacial score (nSPS) is 12.2. The number of hydrogen-bond donors (Lipinski definition) is 0.